The zero-order valence-electron chi connectivity index (χ0n) is 21.5. The minimum atomic E-state index is -0.0905. The number of hydrogen-bond donors (Lipinski definition) is 8. The van der Waals surface area contributed by atoms with E-state index in [1.165, 1.54) is 0 Å². The van der Waals surface area contributed by atoms with Gasteiger partial charge in [-0.05, 0) is 74.2 Å². The monoisotopic (exact) mass is 534 g/mol. The summed E-state index contributed by atoms with van der Waals surface area (Å²) < 4.78 is 5.83. The van der Waals surface area contributed by atoms with E-state index in [2.05, 4.69) is 31.5 Å². The maximum absolute atomic E-state index is 12.1. The second kappa shape index (κ2) is 14.7. The van der Waals surface area contributed by atoms with Crippen molar-refractivity contribution in [3.8, 4) is 22.9 Å². The number of amides is 2. The third-order valence-corrected chi connectivity index (χ3v) is 5.55. The fourth-order valence-corrected chi connectivity index (χ4v) is 3.56. The van der Waals surface area contributed by atoms with Gasteiger partial charge in [0.1, 0.15) is 0 Å². The van der Waals surface area contributed by atoms with Crippen LogP contribution in [0.1, 0.15) is 38.5 Å². The summed E-state index contributed by atoms with van der Waals surface area (Å²) in [6.07, 6.45) is 3.59. The molecule has 10 N–H and O–H groups in total. The molecule has 0 aliphatic carbocycles. The van der Waals surface area contributed by atoms with Crippen LogP contribution in [0.25, 0.3) is 22.9 Å². The number of anilines is 2. The van der Waals surface area contributed by atoms with Gasteiger partial charge in [-0.25, -0.2) is 0 Å². The third-order valence-electron chi connectivity index (χ3n) is 5.55. The van der Waals surface area contributed by atoms with Gasteiger partial charge in [-0.3, -0.25) is 20.4 Å². The van der Waals surface area contributed by atoms with Crippen LogP contribution in [0, 0.1) is 10.8 Å². The Morgan fingerprint density at radius 2 is 1.05 bits per heavy atom. The Bertz CT molecular complexity index is 1160. The van der Waals surface area contributed by atoms with Crippen LogP contribution in [-0.4, -0.2) is 47.0 Å². The number of nitrogens with one attached hydrogen (secondary N) is 6. The van der Waals surface area contributed by atoms with Gasteiger partial charge in [-0.1, -0.05) is 0 Å². The number of unbranched alkanes of at least 4 members (excludes halogenated alkanes) is 2. The number of benzene rings is 2. The Morgan fingerprint density at radius 1 is 0.667 bits per heavy atom. The summed E-state index contributed by atoms with van der Waals surface area (Å²) in [5, 5.41) is 33.6. The van der Waals surface area contributed by atoms with Gasteiger partial charge in [0.05, 0.1) is 0 Å². The van der Waals surface area contributed by atoms with Crippen LogP contribution in [0.5, 0.6) is 0 Å². The molecule has 1 aromatic heterocycles. The average molecular weight is 535 g/mol. The number of aromatic nitrogens is 2. The van der Waals surface area contributed by atoms with Crippen molar-refractivity contribution in [1.29, 1.82) is 10.8 Å². The van der Waals surface area contributed by atoms with E-state index in [1.807, 2.05) is 0 Å². The summed E-state index contributed by atoms with van der Waals surface area (Å²) in [7, 11) is 0. The molecule has 39 heavy (non-hydrogen) atoms. The van der Waals surface area contributed by atoms with Crippen molar-refractivity contribution >= 4 is 35.1 Å². The predicted molar refractivity (Wildman–Crippen MR) is 150 cm³/mol. The Kier molecular flexibility index (Phi) is 10.8. The van der Waals surface area contributed by atoms with Crippen LogP contribution in [0.2, 0.25) is 0 Å². The van der Waals surface area contributed by atoms with Crippen LogP contribution in [-0.2, 0) is 9.59 Å². The minimum absolute atomic E-state index is 0.0734. The van der Waals surface area contributed by atoms with E-state index in [0.29, 0.717) is 73.1 Å². The van der Waals surface area contributed by atoms with Gasteiger partial charge in [0.25, 0.3) is 0 Å². The highest BCUT2D eigenvalue weighted by atomic mass is 16.4. The summed E-state index contributed by atoms with van der Waals surface area (Å²) in [6, 6.07) is 14.2. The third kappa shape index (κ3) is 10.1. The summed E-state index contributed by atoms with van der Waals surface area (Å²) in [4.78, 5) is 24.2. The lowest BCUT2D eigenvalue weighted by molar-refractivity contribution is -0.117. The molecule has 0 aliphatic heterocycles. The van der Waals surface area contributed by atoms with E-state index in [-0.39, 0.29) is 23.7 Å². The van der Waals surface area contributed by atoms with E-state index >= 15 is 0 Å². The van der Waals surface area contributed by atoms with Crippen molar-refractivity contribution in [3.63, 3.8) is 0 Å². The molecule has 13 nitrogen and oxygen atoms in total. The zero-order chi connectivity index (χ0) is 28.0. The van der Waals surface area contributed by atoms with Crippen molar-refractivity contribution < 1.29 is 14.0 Å². The Morgan fingerprint density at radius 3 is 1.41 bits per heavy atom. The standard InChI is InChI=1S/C26H34N10O3/c27-25(28)31-15-3-1-5-21(37)33-19-11-7-17(8-12-19)23-35-36-24(39-23)18-9-13-20(14-10-18)34-22(38)6-2-4-16-32-26(29)30/h7-14H,1-6,15-16H2,(H,33,37)(H,34,38)(H4,27,28,31)(H4,29,30,32). The highest BCUT2D eigenvalue weighted by Gasteiger charge is 2.12. The molecule has 0 atom stereocenters. The van der Waals surface area contributed by atoms with Crippen molar-refractivity contribution in [1.82, 2.24) is 20.8 Å². The SMILES string of the molecule is N=C(N)NCCCCC(=O)Nc1ccc(-c2nnc(-c3ccc(NC(=O)CCCCNC(=N)N)cc3)o2)cc1. The van der Waals surface area contributed by atoms with Crippen LogP contribution in [0.4, 0.5) is 11.4 Å². The summed E-state index contributed by atoms with van der Waals surface area (Å²) in [5.74, 6) is 0.362. The lowest BCUT2D eigenvalue weighted by Gasteiger charge is -2.06. The molecule has 0 aliphatic rings. The number of carbonyl (C=O) groups is 2. The summed E-state index contributed by atoms with van der Waals surface area (Å²) in [6.45, 7) is 1.13. The molecule has 0 saturated carbocycles. The van der Waals surface area contributed by atoms with E-state index in [9.17, 15) is 9.59 Å². The minimum Gasteiger partial charge on any atom is -0.416 e. The predicted octanol–water partition coefficient (Wildman–Crippen LogP) is 2.59. The fraction of sp³-hybridized carbons (Fsp3) is 0.308. The van der Waals surface area contributed by atoms with Gasteiger partial charge in [-0.15, -0.1) is 10.2 Å². The van der Waals surface area contributed by atoms with Crippen molar-refractivity contribution in [2.75, 3.05) is 23.7 Å². The number of guanidine groups is 2. The van der Waals surface area contributed by atoms with Gasteiger partial charge in [0.2, 0.25) is 23.6 Å². The normalized spacial score (nSPS) is 10.5. The Hall–Kier alpha value is -4.94. The van der Waals surface area contributed by atoms with Crippen molar-refractivity contribution in [2.45, 2.75) is 38.5 Å². The smallest absolute Gasteiger partial charge is 0.248 e. The molecule has 206 valence electrons. The molecule has 0 bridgehead atoms. The quantitative estimate of drug-likeness (QED) is 0.0863. The Balaban J connectivity index is 1.46. The second-order valence-corrected chi connectivity index (χ2v) is 8.76. The molecule has 0 saturated heterocycles. The first-order chi connectivity index (χ1) is 18.8. The molecule has 2 aromatic carbocycles. The lowest BCUT2D eigenvalue weighted by Crippen LogP contribution is -2.31. The highest BCUT2D eigenvalue weighted by molar-refractivity contribution is 5.91. The molecule has 1 heterocycles. The molecule has 3 rings (SSSR count). The maximum Gasteiger partial charge on any atom is 0.248 e. The number of nitrogens with zero attached hydrogens (tertiary/aromatic N) is 2. The van der Waals surface area contributed by atoms with Crippen molar-refractivity contribution in [2.24, 2.45) is 11.5 Å². The van der Waals surface area contributed by atoms with Gasteiger partial charge in [0.15, 0.2) is 11.9 Å². The molecular weight excluding hydrogens is 500 g/mol. The van der Waals surface area contributed by atoms with E-state index in [0.717, 1.165) is 12.8 Å². The first-order valence-corrected chi connectivity index (χ1v) is 12.6. The summed E-state index contributed by atoms with van der Waals surface area (Å²) in [5.41, 5.74) is 13.2. The zero-order valence-corrected chi connectivity index (χ0v) is 21.5. The largest absolute Gasteiger partial charge is 0.416 e. The fourth-order valence-electron chi connectivity index (χ4n) is 3.56. The van der Waals surface area contributed by atoms with Gasteiger partial charge >= 0.3 is 0 Å². The van der Waals surface area contributed by atoms with E-state index < -0.39 is 0 Å². The maximum atomic E-state index is 12.1. The molecule has 0 fully saturated rings. The van der Waals surface area contributed by atoms with E-state index in [4.69, 9.17) is 26.7 Å². The molecule has 0 radical (unpaired) electrons. The molecule has 0 unspecified atom stereocenters. The second-order valence-electron chi connectivity index (χ2n) is 8.76. The van der Waals surface area contributed by atoms with Gasteiger partial charge in [-0.2, -0.15) is 0 Å². The molecule has 3 aromatic rings. The first-order valence-electron chi connectivity index (χ1n) is 12.6. The molecular formula is C26H34N10O3. The number of nitrogens with two attached hydrogens (primary N) is 2. The number of carbonyl (C=O) groups excluding carboxylic acids is 2. The number of hydrogen-bond acceptors (Lipinski definition) is 7. The van der Waals surface area contributed by atoms with Crippen LogP contribution >= 0.6 is 0 Å². The van der Waals surface area contributed by atoms with E-state index in [1.54, 1.807) is 48.5 Å². The topological polar surface area (TPSA) is 221 Å². The Labute approximate surface area is 226 Å². The molecule has 0 spiro atoms. The summed E-state index contributed by atoms with van der Waals surface area (Å²) >= 11 is 0. The van der Waals surface area contributed by atoms with Crippen LogP contribution in [0.3, 0.4) is 0 Å². The highest BCUT2D eigenvalue weighted by Crippen LogP contribution is 2.26. The first kappa shape index (κ1) is 28.6. The molecule has 2 amide bonds. The number of rotatable bonds is 14. The van der Waals surface area contributed by atoms with Gasteiger partial charge in [0, 0.05) is 48.4 Å². The van der Waals surface area contributed by atoms with Crippen molar-refractivity contribution in [3.05, 3.63) is 48.5 Å². The lowest BCUT2D eigenvalue weighted by atomic mass is 10.2. The van der Waals surface area contributed by atoms with Crippen LogP contribution in [0.15, 0.2) is 52.9 Å². The van der Waals surface area contributed by atoms with Gasteiger partial charge < -0.3 is 37.2 Å². The average Bonchev–Trinajstić information content (AvgIpc) is 3.39. The van der Waals surface area contributed by atoms with Crippen LogP contribution < -0.4 is 32.7 Å². The molecule has 13 heteroatoms.